The van der Waals surface area contributed by atoms with E-state index < -0.39 is 233 Å². The number of carbonyl (C=O) groups excluding carboxylic acids is 17. The molecule has 125 heavy (non-hydrogen) atoms. The number of nitrogens with zero attached hydrogens (tertiary/aromatic N) is 4. The van der Waals surface area contributed by atoms with E-state index in [-0.39, 0.29) is 69.3 Å². The predicted molar refractivity (Wildman–Crippen MR) is 462 cm³/mol. The van der Waals surface area contributed by atoms with E-state index in [1.807, 2.05) is 0 Å². The lowest BCUT2D eigenvalue weighted by Crippen LogP contribution is -2.59. The fourth-order valence-electron chi connectivity index (χ4n) is 9.34. The smallest absolute Gasteiger partial charge is 0.414 e. The lowest BCUT2D eigenvalue weighted by molar-refractivity contribution is -0.135. The molecule has 0 rings (SSSR count). The van der Waals surface area contributed by atoms with E-state index in [1.165, 1.54) is 20.8 Å². The fraction of sp³-hybridized carbons (Fsp3) is 0.731. The molecule has 46 nitrogen and oxygen atoms in total. The Morgan fingerprint density at radius 1 is 0.280 bits per heavy atom. The van der Waals surface area contributed by atoms with Crippen LogP contribution in [-0.4, -0.2) is 251 Å². The molecule has 0 aromatic rings. The van der Waals surface area contributed by atoms with Gasteiger partial charge in [-0.1, -0.05) is 0 Å². The summed E-state index contributed by atoms with van der Waals surface area (Å²) in [5.41, 5.74) is -2.48. The zero-order valence-corrected chi connectivity index (χ0v) is 78.2. The van der Waals surface area contributed by atoms with Gasteiger partial charge in [-0.05, 0) is 231 Å². The zero-order valence-electron chi connectivity index (χ0n) is 77.4. The van der Waals surface area contributed by atoms with Crippen molar-refractivity contribution in [2.24, 2.45) is 25.7 Å². The molecule has 0 fully saturated rings. The number of alkyl carbamates (subject to hydrolysis) is 8. The number of rotatable bonds is 34. The van der Waals surface area contributed by atoms with Crippen LogP contribution >= 0.6 is 11.8 Å². The summed E-state index contributed by atoms with van der Waals surface area (Å²) in [6, 6.07) is -11.2. The molecule has 1 unspecified atom stereocenters. The van der Waals surface area contributed by atoms with E-state index >= 15 is 9.59 Å². The van der Waals surface area contributed by atoms with E-state index in [9.17, 15) is 71.9 Å². The summed E-state index contributed by atoms with van der Waals surface area (Å²) in [6.07, 6.45) is -10.7. The molecule has 47 heteroatoms. The van der Waals surface area contributed by atoms with Crippen LogP contribution in [0.3, 0.4) is 0 Å². The summed E-state index contributed by atoms with van der Waals surface area (Å²) in [7, 11) is 0. The summed E-state index contributed by atoms with van der Waals surface area (Å²) in [6.45, 7) is 41.3. The second-order valence-electron chi connectivity index (χ2n) is 36.1. The van der Waals surface area contributed by atoms with Gasteiger partial charge in [-0.25, -0.2) is 38.4 Å². The van der Waals surface area contributed by atoms with Crippen molar-refractivity contribution < 1.29 is 119 Å². The molecule has 0 radical (unpaired) electrons. The Balaban J connectivity index is 8.73. The van der Waals surface area contributed by atoms with Gasteiger partial charge in [0.15, 0.2) is 0 Å². The number of aliphatic imine (C=N–C) groups is 4. The summed E-state index contributed by atoms with van der Waals surface area (Å²) in [5.74, 6) is -10.3. The highest BCUT2D eigenvalue weighted by atomic mass is 32.2. The summed E-state index contributed by atoms with van der Waals surface area (Å²) in [4.78, 5) is 247. The van der Waals surface area contributed by atoms with E-state index in [2.05, 4.69) is 105 Å². The molecule has 0 aliphatic heterocycles. The Labute approximate surface area is 734 Å². The Kier molecular flexibility index (Phi) is 47.4. The highest BCUT2D eigenvalue weighted by Crippen LogP contribution is 2.16. The van der Waals surface area contributed by atoms with Gasteiger partial charge in [0.05, 0.1) is 5.88 Å². The highest BCUT2D eigenvalue weighted by molar-refractivity contribution is 7.99. The van der Waals surface area contributed by atoms with Gasteiger partial charge < -0.3 is 86.2 Å². The van der Waals surface area contributed by atoms with Crippen LogP contribution in [0.1, 0.15) is 245 Å². The number of amides is 17. The molecule has 18 N–H and O–H groups in total. The average Bonchev–Trinajstić information content (AvgIpc) is 0.857. The molecule has 0 aliphatic rings. The Hall–Kier alpha value is -11.6. The number of carbonyl (C=O) groups is 17. The molecule has 7 atom stereocenters. The van der Waals surface area contributed by atoms with Crippen molar-refractivity contribution in [3.8, 4) is 0 Å². The first kappa shape index (κ1) is 113. The van der Waals surface area contributed by atoms with Gasteiger partial charge in [0.25, 0.3) is 0 Å². The van der Waals surface area contributed by atoms with Crippen LogP contribution in [-0.2, 0) is 81.0 Å². The molecule has 710 valence electrons. The van der Waals surface area contributed by atoms with Crippen LogP contribution in [0.15, 0.2) is 20.0 Å². The Bertz CT molecular complexity index is 3710. The van der Waals surface area contributed by atoms with Crippen LogP contribution in [0.2, 0.25) is 0 Å². The lowest BCUT2D eigenvalue weighted by Gasteiger charge is -2.27. The molecular weight excluding hydrogens is 1660 g/mol. The van der Waals surface area contributed by atoms with Crippen molar-refractivity contribution in [1.82, 2.24) is 85.1 Å². The maximum atomic E-state index is 15.4. The van der Waals surface area contributed by atoms with Crippen molar-refractivity contribution in [3.05, 3.63) is 0 Å². The number of guanidine groups is 4. The molecule has 0 aromatic heterocycles. The normalized spacial score (nSPS) is 13.3. The molecule has 0 saturated heterocycles. The summed E-state index contributed by atoms with van der Waals surface area (Å²) >= 11 is 1.06. The third-order valence-electron chi connectivity index (χ3n) is 14.1. The first-order valence-electron chi connectivity index (χ1n) is 40.4. The Morgan fingerprint density at radius 2 is 0.480 bits per heavy atom. The molecular formula is C78H137N21O25S. The molecule has 0 saturated carbocycles. The number of primary amides is 1. The van der Waals surface area contributed by atoms with Gasteiger partial charge in [-0.3, -0.25) is 106 Å². The zero-order chi connectivity index (χ0) is 96.6. The Morgan fingerprint density at radius 3 is 0.688 bits per heavy atom. The van der Waals surface area contributed by atoms with Gasteiger partial charge >= 0.3 is 48.7 Å². The molecule has 0 aliphatic carbocycles. The van der Waals surface area contributed by atoms with Gasteiger partial charge in [-0.15, -0.1) is 11.8 Å². The first-order valence-corrected chi connectivity index (χ1v) is 41.5. The maximum Gasteiger partial charge on any atom is 0.414 e. The largest absolute Gasteiger partial charge is 0.444 e. The van der Waals surface area contributed by atoms with Crippen LogP contribution in [0, 0.1) is 0 Å². The van der Waals surface area contributed by atoms with Crippen LogP contribution in [0.25, 0.3) is 0 Å². The van der Waals surface area contributed by atoms with Crippen molar-refractivity contribution in [2.75, 3.05) is 37.8 Å². The van der Waals surface area contributed by atoms with Crippen LogP contribution in [0.4, 0.5) is 38.4 Å². The van der Waals surface area contributed by atoms with Gasteiger partial charge in [0.1, 0.15) is 87.1 Å². The SMILES string of the molecule is CC(=O)NCSC[C@@H](NC(C)=O)C(=O)N[C@H](C)C(=O)N[C@H](CCCN=C(NC(=O)OC(C)(C)C)NC(=O)OC(C)(C)C)C(=O)N[C@H](CCCN=C(NC(=O)OC(C)(C)C)NC(=O)OC(C)(C)C)C(=O)NC(CCCN=C(NC(=O)OC(C)(C)C)NC(=O)OC(C)(C)C)C(=O)N[C@H](C)C(=O)N[C@H](CCCN=C(NC(=O)OC(C)(C)C)NC(=O)OC(C)(C)C)C(N)=O. The van der Waals surface area contributed by atoms with Gasteiger partial charge in [-0.2, -0.15) is 0 Å². The standard InChI is InChI=1S/C78H137N21O25S/c1-43(53(103)88-47(52(79)102)33-29-37-80-59(92-63(109)117-71(5,6)7)93-64(110)118-72(8,9)10)85-55(105)48(34-30-38-81-60(94-65(111)119-73(11,12)13)95-66(112)120-74(14,15)16)90-57(107)50(36-32-40-83-62(98-69(115)123-77(23,24)25)99-70(116)124-78(26,27)28)91-56(106)49(89-54(104)44(2)86-58(108)51(87-46(4)101)41-125-42-84-45(3)100)35-31-39-82-61(96-67(113)121-75(17,18)19)97-68(114)122-76(20,21)22/h43-44,47-51H,29-42H2,1-28H3,(H2,79,102)(H,84,100)(H,85,105)(H,86,108)(H,87,101)(H,88,103)(H,89,104)(H,90,107)(H,91,106)(H2,80,92,93,109,110)(H2,81,94,95,111,112)(H2,82,96,97,113,114)(H2,83,98,99,115,116)/t43-,44-,47-,48?,49-,50-,51-/m1/s1. The third kappa shape index (κ3) is 59.8. The van der Waals surface area contributed by atoms with E-state index in [0.717, 1.165) is 18.7 Å². The van der Waals surface area contributed by atoms with Crippen molar-refractivity contribution in [3.63, 3.8) is 0 Å². The lowest BCUT2D eigenvalue weighted by atomic mass is 10.0. The van der Waals surface area contributed by atoms with Crippen molar-refractivity contribution in [2.45, 2.75) is 332 Å². The number of hydrogen-bond acceptors (Lipinski definition) is 30. The number of thioether (sulfide) groups is 1. The van der Waals surface area contributed by atoms with E-state index in [1.54, 1.807) is 166 Å². The average molecular weight is 1800 g/mol. The maximum absolute atomic E-state index is 15.4. The highest BCUT2D eigenvalue weighted by Gasteiger charge is 2.35. The van der Waals surface area contributed by atoms with Crippen molar-refractivity contribution in [1.29, 1.82) is 0 Å². The van der Waals surface area contributed by atoms with Crippen molar-refractivity contribution >= 4 is 138 Å². The summed E-state index contributed by atoms with van der Waals surface area (Å²) < 4.78 is 42.9. The number of nitrogens with one attached hydrogen (secondary N) is 16. The second-order valence-corrected chi connectivity index (χ2v) is 37.1. The number of hydrogen-bond donors (Lipinski definition) is 17. The molecule has 0 spiro atoms. The molecule has 17 amide bonds. The van der Waals surface area contributed by atoms with Crippen LogP contribution < -0.4 is 90.8 Å². The number of nitrogens with two attached hydrogens (primary N) is 1. The second kappa shape index (κ2) is 52.3. The predicted octanol–water partition coefficient (Wildman–Crippen LogP) is 4.49. The van der Waals surface area contributed by atoms with Gasteiger partial charge in [0.2, 0.25) is 77.0 Å². The quantitative estimate of drug-likeness (QED) is 0.0139. The van der Waals surface area contributed by atoms with E-state index in [4.69, 9.17) is 43.6 Å². The molecule has 0 bridgehead atoms. The topological polar surface area (TPSA) is 632 Å². The molecule has 0 heterocycles. The van der Waals surface area contributed by atoms with Crippen LogP contribution in [0.5, 0.6) is 0 Å². The monoisotopic (exact) mass is 1800 g/mol. The minimum Gasteiger partial charge on any atom is -0.444 e. The molecule has 0 aromatic carbocycles. The third-order valence-corrected chi connectivity index (χ3v) is 15.0. The minimum absolute atomic E-state index is 0.0351. The fourth-order valence-corrected chi connectivity index (χ4v) is 10.2. The number of ether oxygens (including phenoxy) is 8. The van der Waals surface area contributed by atoms with E-state index in [0.29, 0.717) is 0 Å². The minimum atomic E-state index is -1.82. The van der Waals surface area contributed by atoms with Gasteiger partial charge in [0, 0.05) is 45.8 Å². The first-order chi connectivity index (χ1) is 57.0. The summed E-state index contributed by atoms with van der Waals surface area (Å²) in [5, 5.41) is 38.9.